The molecule has 0 saturated carbocycles. The fraction of sp³-hybridized carbons (Fsp3) is 0.286. The van der Waals surface area contributed by atoms with Crippen molar-refractivity contribution in [2.75, 3.05) is 26.0 Å². The van der Waals surface area contributed by atoms with Crippen LogP contribution in [0, 0.1) is 0 Å². The van der Waals surface area contributed by atoms with Crippen molar-refractivity contribution in [3.63, 3.8) is 0 Å². The Kier molecular flexibility index (Phi) is 8.57. The van der Waals surface area contributed by atoms with Crippen LogP contribution >= 0.6 is 35.0 Å². The van der Waals surface area contributed by atoms with Crippen molar-refractivity contribution in [2.24, 2.45) is 0 Å². The van der Waals surface area contributed by atoms with E-state index in [1.807, 2.05) is 41.0 Å². The lowest BCUT2D eigenvalue weighted by molar-refractivity contribution is -0.118. The fourth-order valence-corrected chi connectivity index (χ4v) is 4.06. The predicted molar refractivity (Wildman–Crippen MR) is 121 cm³/mol. The molecule has 3 rings (SSSR count). The molecule has 0 radical (unpaired) electrons. The largest absolute Gasteiger partial charge is 0.385 e. The topological polar surface area (TPSA) is 69.0 Å². The summed E-state index contributed by atoms with van der Waals surface area (Å²) in [6, 6.07) is 15.3. The van der Waals surface area contributed by atoms with Gasteiger partial charge in [0.1, 0.15) is 0 Å². The number of rotatable bonds is 10. The van der Waals surface area contributed by atoms with E-state index in [-0.39, 0.29) is 11.7 Å². The molecule has 9 heteroatoms. The molecule has 1 aromatic heterocycles. The molecule has 0 spiro atoms. The van der Waals surface area contributed by atoms with Gasteiger partial charge < -0.3 is 10.1 Å². The number of carbonyl (C=O) groups is 1. The number of halogens is 2. The van der Waals surface area contributed by atoms with Gasteiger partial charge in [0, 0.05) is 30.8 Å². The molecule has 158 valence electrons. The Morgan fingerprint density at radius 3 is 2.70 bits per heavy atom. The van der Waals surface area contributed by atoms with Crippen LogP contribution < -0.4 is 5.32 Å². The first-order valence-corrected chi connectivity index (χ1v) is 11.1. The molecule has 2 aromatic carbocycles. The molecule has 30 heavy (non-hydrogen) atoms. The maximum absolute atomic E-state index is 12.2. The minimum Gasteiger partial charge on any atom is -0.385 e. The Balaban J connectivity index is 1.80. The normalized spacial score (nSPS) is 10.9. The molecule has 0 aliphatic heterocycles. The number of ether oxygens (including phenoxy) is 1. The number of methoxy groups -OCH3 is 1. The summed E-state index contributed by atoms with van der Waals surface area (Å²) < 4.78 is 6.96. The van der Waals surface area contributed by atoms with Crippen LogP contribution in [0.25, 0.3) is 11.4 Å². The van der Waals surface area contributed by atoms with Crippen LogP contribution in [0.5, 0.6) is 0 Å². The highest BCUT2D eigenvalue weighted by molar-refractivity contribution is 7.99. The number of hydrogen-bond donors (Lipinski definition) is 1. The Morgan fingerprint density at radius 2 is 1.97 bits per heavy atom. The minimum atomic E-state index is -0.0589. The molecule has 1 N–H and O–H groups in total. The average molecular weight is 465 g/mol. The summed E-state index contributed by atoms with van der Waals surface area (Å²) in [5.41, 5.74) is 1.83. The van der Waals surface area contributed by atoms with Crippen molar-refractivity contribution in [1.29, 1.82) is 0 Å². The smallest absolute Gasteiger partial charge is 0.230 e. The number of aromatic nitrogens is 3. The highest BCUT2D eigenvalue weighted by Gasteiger charge is 2.18. The molecular formula is C21H22Cl2N4O2S. The second-order valence-corrected chi connectivity index (χ2v) is 8.27. The van der Waals surface area contributed by atoms with E-state index in [1.165, 1.54) is 11.8 Å². The Hall–Kier alpha value is -2.06. The molecule has 0 fully saturated rings. The number of nitrogens with zero attached hydrogens (tertiary/aromatic N) is 3. The third-order valence-corrected chi connectivity index (χ3v) is 5.77. The van der Waals surface area contributed by atoms with Gasteiger partial charge in [-0.1, -0.05) is 65.3 Å². The van der Waals surface area contributed by atoms with Crippen LogP contribution in [0.1, 0.15) is 12.0 Å². The Labute approximate surface area is 189 Å². The zero-order valence-corrected chi connectivity index (χ0v) is 18.8. The molecule has 0 bridgehead atoms. The second-order valence-electron chi connectivity index (χ2n) is 6.49. The van der Waals surface area contributed by atoms with Crippen LogP contribution in [-0.4, -0.2) is 46.7 Å². The van der Waals surface area contributed by atoms with Gasteiger partial charge in [0.25, 0.3) is 0 Å². The molecule has 0 atom stereocenters. The summed E-state index contributed by atoms with van der Waals surface area (Å²) in [5.74, 6) is 0.814. The lowest BCUT2D eigenvalue weighted by Gasteiger charge is -2.11. The van der Waals surface area contributed by atoms with Crippen molar-refractivity contribution >= 4 is 40.9 Å². The lowest BCUT2D eigenvalue weighted by Crippen LogP contribution is -2.27. The third-order valence-electron chi connectivity index (χ3n) is 4.25. The number of thioether (sulfide) groups is 1. The Bertz CT molecular complexity index is 982. The molecular weight excluding hydrogens is 443 g/mol. The lowest BCUT2D eigenvalue weighted by atomic mass is 10.2. The van der Waals surface area contributed by atoms with Crippen molar-refractivity contribution < 1.29 is 9.53 Å². The van der Waals surface area contributed by atoms with Gasteiger partial charge in [0.05, 0.1) is 17.3 Å². The Morgan fingerprint density at radius 1 is 1.17 bits per heavy atom. The van der Waals surface area contributed by atoms with E-state index < -0.39 is 0 Å². The van der Waals surface area contributed by atoms with Crippen molar-refractivity contribution in [3.8, 4) is 11.4 Å². The van der Waals surface area contributed by atoms with Crippen molar-refractivity contribution in [1.82, 2.24) is 20.1 Å². The van der Waals surface area contributed by atoms with Gasteiger partial charge in [-0.3, -0.25) is 9.36 Å². The van der Waals surface area contributed by atoms with Gasteiger partial charge in [-0.25, -0.2) is 0 Å². The molecule has 1 amide bonds. The number of carbonyl (C=O) groups excluding carboxylic acids is 1. The van der Waals surface area contributed by atoms with Gasteiger partial charge in [0.15, 0.2) is 11.0 Å². The first-order chi connectivity index (χ1) is 14.6. The SMILES string of the molecule is COCCCNC(=O)CSc1nnc(-c2ccc(Cl)cc2Cl)n1Cc1ccccc1. The van der Waals surface area contributed by atoms with Crippen LogP contribution in [-0.2, 0) is 16.1 Å². The molecule has 0 unspecified atom stereocenters. The second kappa shape index (κ2) is 11.4. The first-order valence-electron chi connectivity index (χ1n) is 9.39. The van der Waals surface area contributed by atoms with E-state index in [0.717, 1.165) is 17.5 Å². The fourth-order valence-electron chi connectivity index (χ4n) is 2.80. The summed E-state index contributed by atoms with van der Waals surface area (Å²) in [7, 11) is 1.64. The summed E-state index contributed by atoms with van der Waals surface area (Å²) in [5, 5.41) is 13.2. The maximum atomic E-state index is 12.2. The van der Waals surface area contributed by atoms with E-state index in [2.05, 4.69) is 15.5 Å². The summed E-state index contributed by atoms with van der Waals surface area (Å²) in [6.07, 6.45) is 0.774. The minimum absolute atomic E-state index is 0.0589. The number of amides is 1. The van der Waals surface area contributed by atoms with Gasteiger partial charge >= 0.3 is 0 Å². The zero-order chi connectivity index (χ0) is 21.3. The number of nitrogens with one attached hydrogen (secondary N) is 1. The van der Waals surface area contributed by atoms with E-state index in [1.54, 1.807) is 19.2 Å². The summed E-state index contributed by atoms with van der Waals surface area (Å²) in [4.78, 5) is 12.2. The zero-order valence-electron chi connectivity index (χ0n) is 16.5. The van der Waals surface area contributed by atoms with E-state index in [0.29, 0.717) is 40.7 Å². The van der Waals surface area contributed by atoms with Crippen LogP contribution in [0.3, 0.4) is 0 Å². The van der Waals surface area contributed by atoms with E-state index >= 15 is 0 Å². The predicted octanol–water partition coefficient (Wildman–Crippen LogP) is 4.55. The molecule has 0 saturated heterocycles. The van der Waals surface area contributed by atoms with Gasteiger partial charge in [-0.2, -0.15) is 0 Å². The number of hydrogen-bond acceptors (Lipinski definition) is 5. The van der Waals surface area contributed by atoms with Crippen molar-refractivity contribution in [2.45, 2.75) is 18.1 Å². The summed E-state index contributed by atoms with van der Waals surface area (Å²) in [6.45, 7) is 1.75. The highest BCUT2D eigenvalue weighted by atomic mass is 35.5. The number of benzene rings is 2. The van der Waals surface area contributed by atoms with Gasteiger partial charge in [-0.05, 0) is 30.2 Å². The summed E-state index contributed by atoms with van der Waals surface area (Å²) >= 11 is 13.8. The highest BCUT2D eigenvalue weighted by Crippen LogP contribution is 2.32. The standard InChI is InChI=1S/C21H22Cl2N4O2S/c1-29-11-5-10-24-19(28)14-30-21-26-25-20(17-9-8-16(22)12-18(17)23)27(21)13-15-6-3-2-4-7-15/h2-4,6-9,12H,5,10-11,13-14H2,1H3,(H,24,28). The van der Waals surface area contributed by atoms with Crippen LogP contribution in [0.15, 0.2) is 53.7 Å². The van der Waals surface area contributed by atoms with Crippen LogP contribution in [0.4, 0.5) is 0 Å². The first kappa shape index (κ1) is 22.6. The van der Waals surface area contributed by atoms with Crippen molar-refractivity contribution in [3.05, 3.63) is 64.1 Å². The van der Waals surface area contributed by atoms with Crippen LogP contribution in [0.2, 0.25) is 10.0 Å². The molecule has 1 heterocycles. The van der Waals surface area contributed by atoms with E-state index in [4.69, 9.17) is 27.9 Å². The van der Waals surface area contributed by atoms with E-state index in [9.17, 15) is 4.79 Å². The molecule has 3 aromatic rings. The van der Waals surface area contributed by atoms with Gasteiger partial charge in [-0.15, -0.1) is 10.2 Å². The maximum Gasteiger partial charge on any atom is 0.230 e. The molecule has 0 aliphatic carbocycles. The monoisotopic (exact) mass is 464 g/mol. The van der Waals surface area contributed by atoms with Gasteiger partial charge in [0.2, 0.25) is 5.91 Å². The average Bonchev–Trinajstić information content (AvgIpc) is 3.12. The molecule has 6 nitrogen and oxygen atoms in total. The third kappa shape index (κ3) is 6.22. The molecule has 0 aliphatic rings. The quantitative estimate of drug-likeness (QED) is 0.352.